The third kappa shape index (κ3) is 1.44. The van der Waals surface area contributed by atoms with Gasteiger partial charge >= 0.3 is 0 Å². The van der Waals surface area contributed by atoms with Gasteiger partial charge in [-0.25, -0.2) is 0 Å². The first kappa shape index (κ1) is 10.3. The average Bonchev–Trinajstić information content (AvgIpc) is 2.73. The molecule has 0 radical (unpaired) electrons. The summed E-state index contributed by atoms with van der Waals surface area (Å²) in [4.78, 5) is 15.3. The number of fused-ring (bicyclic) bond motifs is 4. The zero-order valence-electron chi connectivity index (χ0n) is 9.93. The molecular formula is C15H13NOS. The van der Waals surface area contributed by atoms with E-state index >= 15 is 0 Å². The molecule has 3 heterocycles. The van der Waals surface area contributed by atoms with Crippen molar-refractivity contribution in [3.8, 4) is 0 Å². The zero-order valence-corrected chi connectivity index (χ0v) is 10.7. The van der Waals surface area contributed by atoms with Crippen molar-refractivity contribution in [3.63, 3.8) is 0 Å². The molecule has 0 fully saturated rings. The number of allylic oxidation sites excluding steroid dienone is 1. The van der Waals surface area contributed by atoms with Gasteiger partial charge in [0.2, 0.25) is 0 Å². The van der Waals surface area contributed by atoms with Crippen molar-refractivity contribution in [3.05, 3.63) is 47.0 Å². The number of hydrogen-bond acceptors (Lipinski definition) is 3. The Morgan fingerprint density at radius 3 is 3.06 bits per heavy atom. The molecule has 0 N–H and O–H groups in total. The number of carbonyl (C=O) groups is 1. The summed E-state index contributed by atoms with van der Waals surface area (Å²) in [5, 5.41) is 1.39. The van der Waals surface area contributed by atoms with Crippen LogP contribution in [0.3, 0.4) is 0 Å². The molecule has 0 aliphatic carbocycles. The molecule has 2 aliphatic rings. The van der Waals surface area contributed by atoms with Gasteiger partial charge in [-0.1, -0.05) is 18.2 Å². The first-order valence-corrected chi connectivity index (χ1v) is 7.09. The van der Waals surface area contributed by atoms with Crippen LogP contribution in [-0.2, 0) is 17.8 Å². The van der Waals surface area contributed by atoms with Crippen LogP contribution in [0.25, 0.3) is 10.1 Å². The molecule has 2 aromatic rings. The van der Waals surface area contributed by atoms with Crippen LogP contribution in [0.4, 0.5) is 0 Å². The maximum absolute atomic E-state index is 11.5. The smallest absolute Gasteiger partial charge is 0.159 e. The first-order valence-electron chi connectivity index (χ1n) is 6.27. The first-order chi connectivity index (χ1) is 8.81. The quantitative estimate of drug-likeness (QED) is 0.721. The molecule has 1 atom stereocenters. The van der Waals surface area contributed by atoms with Crippen LogP contribution in [-0.4, -0.2) is 16.7 Å². The summed E-state index contributed by atoms with van der Waals surface area (Å²) in [6.07, 6.45) is 5.39. The summed E-state index contributed by atoms with van der Waals surface area (Å²) in [6, 6.07) is 8.99. The van der Waals surface area contributed by atoms with Gasteiger partial charge in [-0.15, -0.1) is 11.3 Å². The molecule has 0 amide bonds. The molecule has 2 nitrogen and oxygen atoms in total. The highest BCUT2D eigenvalue weighted by molar-refractivity contribution is 7.19. The van der Waals surface area contributed by atoms with E-state index in [0.29, 0.717) is 12.5 Å². The summed E-state index contributed by atoms with van der Waals surface area (Å²) in [7, 11) is 0. The van der Waals surface area contributed by atoms with E-state index in [4.69, 9.17) is 0 Å². The SMILES string of the molecule is O=C1C=CN2Cc3c(sc4ccccc34)CC2C1. The fraction of sp³-hybridized carbons (Fsp3) is 0.267. The summed E-state index contributed by atoms with van der Waals surface area (Å²) in [5.41, 5.74) is 1.46. The van der Waals surface area contributed by atoms with Gasteiger partial charge < -0.3 is 4.90 Å². The van der Waals surface area contributed by atoms with Crippen LogP contribution in [0.5, 0.6) is 0 Å². The van der Waals surface area contributed by atoms with E-state index in [0.717, 1.165) is 13.0 Å². The van der Waals surface area contributed by atoms with Gasteiger partial charge in [0.05, 0.1) is 0 Å². The third-order valence-corrected chi connectivity index (χ3v) is 5.14. The minimum Gasteiger partial charge on any atom is -0.369 e. The highest BCUT2D eigenvalue weighted by atomic mass is 32.1. The Balaban J connectivity index is 1.84. The summed E-state index contributed by atoms with van der Waals surface area (Å²) in [5.74, 6) is 0.265. The Bertz CT molecular complexity index is 670. The molecule has 90 valence electrons. The number of nitrogens with zero attached hydrogens (tertiary/aromatic N) is 1. The van der Waals surface area contributed by atoms with Crippen molar-refractivity contribution in [1.82, 2.24) is 4.90 Å². The highest BCUT2D eigenvalue weighted by Crippen LogP contribution is 2.38. The number of carbonyl (C=O) groups excluding carboxylic acids is 1. The molecule has 2 aliphatic heterocycles. The van der Waals surface area contributed by atoms with Gasteiger partial charge in [-0.05, 0) is 23.1 Å². The van der Waals surface area contributed by atoms with E-state index in [9.17, 15) is 4.79 Å². The van der Waals surface area contributed by atoms with Crippen molar-refractivity contribution in [2.45, 2.75) is 25.4 Å². The van der Waals surface area contributed by atoms with Gasteiger partial charge in [0, 0.05) is 41.2 Å². The Hall–Kier alpha value is -1.61. The normalized spacial score (nSPS) is 22.1. The minimum absolute atomic E-state index is 0.265. The van der Waals surface area contributed by atoms with Crippen LogP contribution in [0, 0.1) is 0 Å². The molecule has 1 aromatic carbocycles. The fourth-order valence-electron chi connectivity index (χ4n) is 2.97. The molecule has 18 heavy (non-hydrogen) atoms. The van der Waals surface area contributed by atoms with Crippen LogP contribution in [0.1, 0.15) is 16.9 Å². The number of ketones is 1. The van der Waals surface area contributed by atoms with Gasteiger partial charge in [-0.2, -0.15) is 0 Å². The van der Waals surface area contributed by atoms with Gasteiger partial charge in [0.1, 0.15) is 0 Å². The Morgan fingerprint density at radius 1 is 1.22 bits per heavy atom. The molecular weight excluding hydrogens is 242 g/mol. The number of hydrogen-bond donors (Lipinski definition) is 0. The van der Waals surface area contributed by atoms with Crippen molar-refractivity contribution in [1.29, 1.82) is 0 Å². The maximum Gasteiger partial charge on any atom is 0.159 e. The van der Waals surface area contributed by atoms with E-state index in [2.05, 4.69) is 29.2 Å². The lowest BCUT2D eigenvalue weighted by Crippen LogP contribution is -2.39. The summed E-state index contributed by atoms with van der Waals surface area (Å²) < 4.78 is 1.37. The van der Waals surface area contributed by atoms with Crippen molar-refractivity contribution >= 4 is 27.2 Å². The van der Waals surface area contributed by atoms with Gasteiger partial charge in [0.15, 0.2) is 5.78 Å². The van der Waals surface area contributed by atoms with Crippen LogP contribution >= 0.6 is 11.3 Å². The molecule has 0 spiro atoms. The van der Waals surface area contributed by atoms with E-state index in [1.54, 1.807) is 6.08 Å². The fourth-order valence-corrected chi connectivity index (χ4v) is 4.26. The van der Waals surface area contributed by atoms with Gasteiger partial charge in [0.25, 0.3) is 0 Å². The second kappa shape index (κ2) is 3.69. The Kier molecular flexibility index (Phi) is 2.12. The number of thiophene rings is 1. The molecule has 4 rings (SSSR count). The lowest BCUT2D eigenvalue weighted by Gasteiger charge is -2.36. The molecule has 0 saturated carbocycles. The molecule has 1 unspecified atom stereocenters. The number of rotatable bonds is 0. The van der Waals surface area contributed by atoms with Crippen molar-refractivity contribution in [2.24, 2.45) is 0 Å². The maximum atomic E-state index is 11.5. The van der Waals surface area contributed by atoms with E-state index in [1.807, 2.05) is 17.5 Å². The highest BCUT2D eigenvalue weighted by Gasteiger charge is 2.30. The predicted octanol–water partition coefficient (Wildman–Crippen LogP) is 3.11. The molecule has 1 aromatic heterocycles. The monoisotopic (exact) mass is 255 g/mol. The van der Waals surface area contributed by atoms with Gasteiger partial charge in [-0.3, -0.25) is 4.79 Å². The Morgan fingerprint density at radius 2 is 2.11 bits per heavy atom. The Labute approximate surface area is 110 Å². The van der Waals surface area contributed by atoms with Crippen LogP contribution in [0.15, 0.2) is 36.5 Å². The molecule has 0 saturated heterocycles. The summed E-state index contributed by atoms with van der Waals surface area (Å²) >= 11 is 1.89. The standard InChI is InChI=1S/C15H13NOS/c17-11-5-6-16-9-13-12-3-1-2-4-14(12)18-15(13)8-10(16)7-11/h1-6,10H,7-9H2. The number of benzene rings is 1. The van der Waals surface area contributed by atoms with Crippen molar-refractivity contribution in [2.75, 3.05) is 0 Å². The second-order valence-corrected chi connectivity index (χ2v) is 6.15. The lowest BCUT2D eigenvalue weighted by atomic mass is 9.94. The van der Waals surface area contributed by atoms with E-state index in [-0.39, 0.29) is 5.78 Å². The predicted molar refractivity (Wildman–Crippen MR) is 73.6 cm³/mol. The van der Waals surface area contributed by atoms with Crippen LogP contribution in [0.2, 0.25) is 0 Å². The second-order valence-electron chi connectivity index (χ2n) is 5.02. The minimum atomic E-state index is 0.265. The average molecular weight is 255 g/mol. The van der Waals surface area contributed by atoms with Crippen LogP contribution < -0.4 is 0 Å². The third-order valence-electron chi connectivity index (χ3n) is 3.90. The molecule has 3 heteroatoms. The summed E-state index contributed by atoms with van der Waals surface area (Å²) in [6.45, 7) is 0.952. The van der Waals surface area contributed by atoms with E-state index in [1.165, 1.54) is 20.5 Å². The topological polar surface area (TPSA) is 20.3 Å². The lowest BCUT2D eigenvalue weighted by molar-refractivity contribution is -0.116. The zero-order chi connectivity index (χ0) is 12.1. The van der Waals surface area contributed by atoms with Crippen molar-refractivity contribution < 1.29 is 4.79 Å². The largest absolute Gasteiger partial charge is 0.369 e. The molecule has 0 bridgehead atoms. The van der Waals surface area contributed by atoms with E-state index < -0.39 is 0 Å².